The van der Waals surface area contributed by atoms with Gasteiger partial charge in [-0.3, -0.25) is 33.8 Å². The van der Waals surface area contributed by atoms with Crippen LogP contribution in [0, 0.1) is 0 Å². The Morgan fingerprint density at radius 1 is 0.729 bits per heavy atom. The van der Waals surface area contributed by atoms with Gasteiger partial charge in [-0.25, -0.2) is 0 Å². The molecule has 1 atom stereocenters. The molecule has 0 saturated carbocycles. The lowest BCUT2D eigenvalue weighted by Gasteiger charge is -2.50. The van der Waals surface area contributed by atoms with Crippen molar-refractivity contribution in [2.24, 2.45) is 0 Å². The second-order valence-corrected chi connectivity index (χ2v) is 16.0. The van der Waals surface area contributed by atoms with Gasteiger partial charge in [0, 0.05) is 38.3 Å². The fraction of sp³-hybridized carbons (Fsp3) is 0.857. The summed E-state index contributed by atoms with van der Waals surface area (Å²) in [6.45, 7) is 23.5. The van der Waals surface area contributed by atoms with Crippen LogP contribution in [0.15, 0.2) is 0 Å². The van der Waals surface area contributed by atoms with Crippen molar-refractivity contribution in [1.29, 1.82) is 0 Å². The van der Waals surface area contributed by atoms with Gasteiger partial charge < -0.3 is 28.6 Å². The van der Waals surface area contributed by atoms with Crippen LogP contribution in [-0.2, 0) is 47.7 Å². The first-order chi connectivity index (χ1) is 22.1. The molecule has 1 fully saturated rings. The van der Waals surface area contributed by atoms with Crippen LogP contribution in [0.4, 0.5) is 0 Å². The van der Waals surface area contributed by atoms with Crippen LogP contribution >= 0.6 is 0 Å². The van der Waals surface area contributed by atoms with E-state index in [1.54, 1.807) is 0 Å². The van der Waals surface area contributed by atoms with E-state index in [1.165, 1.54) is 0 Å². The Hall–Kier alpha value is -2.77. The van der Waals surface area contributed by atoms with Gasteiger partial charge in [0.05, 0.1) is 19.7 Å². The monoisotopic (exact) mass is 685 g/mol. The van der Waals surface area contributed by atoms with Crippen LogP contribution in [0.2, 0.25) is 0 Å². The summed E-state index contributed by atoms with van der Waals surface area (Å²) >= 11 is 0. The van der Waals surface area contributed by atoms with Crippen LogP contribution in [0.25, 0.3) is 0 Å². The molecule has 0 aliphatic carbocycles. The van der Waals surface area contributed by atoms with Crippen LogP contribution in [0.3, 0.4) is 0 Å². The number of carbonyl (C=O) groups is 5. The molecular formula is C35H63N3O10. The van der Waals surface area contributed by atoms with Crippen molar-refractivity contribution in [3.8, 4) is 0 Å². The molecule has 1 unspecified atom stereocenters. The topological polar surface area (TPSA) is 141 Å². The number of ether oxygens (including phenoxy) is 5. The second-order valence-electron chi connectivity index (χ2n) is 16.0. The molecule has 13 heteroatoms. The predicted molar refractivity (Wildman–Crippen MR) is 181 cm³/mol. The first kappa shape index (κ1) is 43.3. The minimum Gasteiger partial charge on any atom is -0.468 e. The minimum absolute atomic E-state index is 0.0141. The summed E-state index contributed by atoms with van der Waals surface area (Å²) < 4.78 is 27.2. The average molecular weight is 686 g/mol. The van der Waals surface area contributed by atoms with E-state index in [4.69, 9.17) is 23.7 Å². The Labute approximate surface area is 288 Å². The summed E-state index contributed by atoms with van der Waals surface area (Å²) in [4.78, 5) is 66.4. The van der Waals surface area contributed by atoms with Crippen molar-refractivity contribution >= 4 is 31.4 Å². The third-order valence-corrected chi connectivity index (χ3v) is 8.30. The zero-order valence-corrected chi connectivity index (χ0v) is 31.3. The molecule has 1 aliphatic rings. The smallest absolute Gasteiger partial charge is 0.320 e. The van der Waals surface area contributed by atoms with Gasteiger partial charge in [-0.15, -0.1) is 0 Å². The maximum atomic E-state index is 13.5. The maximum absolute atomic E-state index is 13.5. The predicted octanol–water partition coefficient (Wildman–Crippen LogP) is 3.75. The number of hydrogen-bond acceptors (Lipinski definition) is 13. The van der Waals surface area contributed by atoms with Crippen molar-refractivity contribution in [1.82, 2.24) is 14.7 Å². The fourth-order valence-corrected chi connectivity index (χ4v) is 5.78. The van der Waals surface area contributed by atoms with Gasteiger partial charge in [-0.2, -0.15) is 0 Å². The highest BCUT2D eigenvalue weighted by atomic mass is 16.6. The molecule has 0 radical (unpaired) electrons. The second kappa shape index (κ2) is 19.4. The van der Waals surface area contributed by atoms with Gasteiger partial charge in [0.1, 0.15) is 22.4 Å². The molecule has 1 heterocycles. The standard InChI is InChI=1S/C35H63N3O10/c1-31(2,3)47-29(42)23-37-21-20-36(17-14-33(7,8)45-27-40)18-16-35(25-37,13-11-12-22-44-26-39)38(19-15-34(9,10)46-28-41)24-30(43)48-32(4,5)6/h26-28H,11-25H2,1-10H3. The number of esters is 2. The van der Waals surface area contributed by atoms with E-state index in [0.29, 0.717) is 97.2 Å². The normalized spacial score (nSPS) is 18.7. The molecule has 1 rings (SSSR count). The highest BCUT2D eigenvalue weighted by Crippen LogP contribution is 2.32. The van der Waals surface area contributed by atoms with Gasteiger partial charge >= 0.3 is 11.9 Å². The molecular weight excluding hydrogens is 622 g/mol. The Morgan fingerprint density at radius 3 is 1.85 bits per heavy atom. The zero-order chi connectivity index (χ0) is 36.7. The van der Waals surface area contributed by atoms with Crippen molar-refractivity contribution in [2.45, 2.75) is 136 Å². The van der Waals surface area contributed by atoms with Crippen LogP contribution in [-0.4, -0.2) is 133 Å². The zero-order valence-electron chi connectivity index (χ0n) is 31.3. The van der Waals surface area contributed by atoms with Gasteiger partial charge in [0.2, 0.25) is 0 Å². The Kier molecular flexibility index (Phi) is 17.5. The maximum Gasteiger partial charge on any atom is 0.320 e. The molecule has 278 valence electrons. The van der Waals surface area contributed by atoms with Gasteiger partial charge in [0.15, 0.2) is 0 Å². The number of carbonyl (C=O) groups excluding carboxylic acids is 5. The van der Waals surface area contributed by atoms with Crippen molar-refractivity contribution in [3.05, 3.63) is 0 Å². The summed E-state index contributed by atoms with van der Waals surface area (Å²) in [6, 6.07) is 0. The number of nitrogens with zero attached hydrogens (tertiary/aromatic N) is 3. The Bertz CT molecular complexity index is 1020. The van der Waals surface area contributed by atoms with Crippen LogP contribution < -0.4 is 0 Å². The largest absolute Gasteiger partial charge is 0.468 e. The van der Waals surface area contributed by atoms with Crippen molar-refractivity contribution in [2.75, 3.05) is 59.0 Å². The molecule has 0 bridgehead atoms. The molecule has 1 saturated heterocycles. The molecule has 0 aromatic rings. The summed E-state index contributed by atoms with van der Waals surface area (Å²) in [5, 5.41) is 0. The number of hydrogen-bond donors (Lipinski definition) is 0. The quantitative estimate of drug-likeness (QED) is 0.0750. The Morgan fingerprint density at radius 2 is 1.29 bits per heavy atom. The summed E-state index contributed by atoms with van der Waals surface area (Å²) in [5.74, 6) is -0.728. The lowest BCUT2D eigenvalue weighted by atomic mass is 9.84. The highest BCUT2D eigenvalue weighted by molar-refractivity contribution is 5.72. The molecule has 0 amide bonds. The molecule has 0 N–H and O–H groups in total. The Balaban J connectivity index is 3.66. The molecule has 48 heavy (non-hydrogen) atoms. The van der Waals surface area contributed by atoms with Crippen LogP contribution in [0.5, 0.6) is 0 Å². The van der Waals surface area contributed by atoms with E-state index < -0.39 is 27.9 Å². The lowest BCUT2D eigenvalue weighted by Crippen LogP contribution is -2.62. The molecule has 13 nitrogen and oxygen atoms in total. The van der Waals surface area contributed by atoms with Crippen molar-refractivity contribution < 1.29 is 47.7 Å². The molecule has 0 aromatic carbocycles. The average Bonchev–Trinajstić information content (AvgIpc) is 2.91. The van der Waals surface area contributed by atoms with E-state index in [0.717, 1.165) is 0 Å². The fourth-order valence-electron chi connectivity index (χ4n) is 5.78. The summed E-state index contributed by atoms with van der Waals surface area (Å²) in [6.07, 6.45) is 3.62. The highest BCUT2D eigenvalue weighted by Gasteiger charge is 2.42. The van der Waals surface area contributed by atoms with Gasteiger partial charge in [-0.1, -0.05) is 0 Å². The van der Waals surface area contributed by atoms with E-state index in [2.05, 4.69) is 14.7 Å². The van der Waals surface area contributed by atoms with Gasteiger partial charge in [0.25, 0.3) is 19.4 Å². The lowest BCUT2D eigenvalue weighted by molar-refractivity contribution is -0.162. The third kappa shape index (κ3) is 18.1. The SMILES string of the molecule is CC(C)(C)OC(=O)CN1CCN(CCC(C)(C)OC=O)CCC(CCCCOC=O)(N(CCC(C)(C)OC=O)CC(=O)OC(C)(C)C)C1. The van der Waals surface area contributed by atoms with Crippen LogP contribution in [0.1, 0.15) is 108 Å². The first-order valence-corrected chi connectivity index (χ1v) is 17.1. The van der Waals surface area contributed by atoms with Crippen molar-refractivity contribution in [3.63, 3.8) is 0 Å². The molecule has 1 aliphatic heterocycles. The minimum atomic E-state index is -0.791. The van der Waals surface area contributed by atoms with E-state index in [1.807, 2.05) is 69.2 Å². The number of rotatable bonds is 21. The summed E-state index contributed by atoms with van der Waals surface area (Å²) in [7, 11) is 0. The molecule has 0 spiro atoms. The molecule has 0 aromatic heterocycles. The van der Waals surface area contributed by atoms with E-state index >= 15 is 0 Å². The number of unbranched alkanes of at least 4 members (excludes halogenated alkanes) is 1. The van der Waals surface area contributed by atoms with Gasteiger partial charge in [-0.05, 0) is 114 Å². The van der Waals surface area contributed by atoms with E-state index in [-0.39, 0.29) is 31.6 Å². The summed E-state index contributed by atoms with van der Waals surface area (Å²) in [5.41, 5.74) is -3.42. The van der Waals surface area contributed by atoms with E-state index in [9.17, 15) is 24.0 Å². The first-order valence-electron chi connectivity index (χ1n) is 17.1. The third-order valence-electron chi connectivity index (χ3n) is 8.30.